The van der Waals surface area contributed by atoms with E-state index in [2.05, 4.69) is 6.07 Å². The van der Waals surface area contributed by atoms with E-state index in [1.54, 1.807) is 41.3 Å². The molecule has 0 aromatic heterocycles. The summed E-state index contributed by atoms with van der Waals surface area (Å²) in [6, 6.07) is 17.7. The van der Waals surface area contributed by atoms with Crippen LogP contribution in [0.1, 0.15) is 46.7 Å². The number of carbonyl (C=O) groups is 3. The van der Waals surface area contributed by atoms with E-state index in [1.807, 2.05) is 18.2 Å². The molecule has 0 heterocycles. The highest BCUT2D eigenvalue weighted by Crippen LogP contribution is 2.30. The molecule has 3 rings (SSSR count). The van der Waals surface area contributed by atoms with Crippen molar-refractivity contribution >= 4 is 52.1 Å². The lowest BCUT2D eigenvalue weighted by atomic mass is 9.94. The second kappa shape index (κ2) is 11.6. The van der Waals surface area contributed by atoms with Gasteiger partial charge in [0, 0.05) is 37.4 Å². The zero-order valence-electron chi connectivity index (χ0n) is 18.2. The minimum atomic E-state index is -0.960. The summed E-state index contributed by atoms with van der Waals surface area (Å²) < 4.78 is 0. The van der Waals surface area contributed by atoms with Crippen molar-refractivity contribution in [2.24, 2.45) is 0 Å². The van der Waals surface area contributed by atoms with Crippen LogP contribution < -0.4 is 0 Å². The lowest BCUT2D eigenvalue weighted by Gasteiger charge is -2.28. The smallest absolute Gasteiger partial charge is 0.303 e. The predicted octanol–water partition coefficient (Wildman–Crippen LogP) is 5.70. The van der Waals surface area contributed by atoms with Gasteiger partial charge in [0.15, 0.2) is 0 Å². The first kappa shape index (κ1) is 25.2. The molecule has 6 nitrogen and oxygen atoms in total. The van der Waals surface area contributed by atoms with Crippen LogP contribution in [0, 0.1) is 11.3 Å². The lowest BCUT2D eigenvalue weighted by molar-refractivity contribution is -0.137. The Labute approximate surface area is 207 Å². The average Bonchev–Trinajstić information content (AvgIpc) is 2.83. The van der Waals surface area contributed by atoms with Gasteiger partial charge in [0.1, 0.15) is 6.29 Å². The zero-order valence-corrected chi connectivity index (χ0v) is 19.7. The number of aliphatic carboxylic acids is 1. The Hall–Kier alpha value is -3.40. The Kier molecular flexibility index (Phi) is 8.64. The Bertz CT molecular complexity index is 1270. The number of hydrogen-bond acceptors (Lipinski definition) is 4. The molecule has 0 aliphatic carbocycles. The molecule has 0 bridgehead atoms. The van der Waals surface area contributed by atoms with Crippen molar-refractivity contribution in [2.45, 2.75) is 25.2 Å². The molecule has 1 unspecified atom stereocenters. The molecule has 0 aliphatic rings. The highest BCUT2D eigenvalue weighted by molar-refractivity contribution is 6.42. The Morgan fingerprint density at radius 1 is 1.09 bits per heavy atom. The van der Waals surface area contributed by atoms with Gasteiger partial charge < -0.3 is 14.8 Å². The molecule has 34 heavy (non-hydrogen) atoms. The summed E-state index contributed by atoms with van der Waals surface area (Å²) in [5, 5.41) is 20.7. The van der Waals surface area contributed by atoms with Crippen LogP contribution in [0.25, 0.3) is 10.8 Å². The lowest BCUT2D eigenvalue weighted by Crippen LogP contribution is -2.36. The van der Waals surface area contributed by atoms with Crippen molar-refractivity contribution in [3.8, 4) is 6.07 Å². The SMILES string of the molecule is N#Cc1cc(C(=O)N(CCCC(=O)O)CC(CC=O)c2ccc(Cl)c(Cl)c2)c2ccccc2c1. The Morgan fingerprint density at radius 2 is 1.85 bits per heavy atom. The van der Waals surface area contributed by atoms with E-state index < -0.39 is 5.97 Å². The monoisotopic (exact) mass is 496 g/mol. The third-order valence-corrected chi connectivity index (χ3v) is 6.30. The van der Waals surface area contributed by atoms with Crippen LogP contribution in [0.2, 0.25) is 10.0 Å². The molecule has 0 saturated carbocycles. The van der Waals surface area contributed by atoms with E-state index in [4.69, 9.17) is 28.3 Å². The van der Waals surface area contributed by atoms with Gasteiger partial charge in [-0.2, -0.15) is 5.26 Å². The van der Waals surface area contributed by atoms with Crippen molar-refractivity contribution in [3.63, 3.8) is 0 Å². The van der Waals surface area contributed by atoms with Gasteiger partial charge in [0.25, 0.3) is 5.91 Å². The largest absolute Gasteiger partial charge is 0.481 e. The fraction of sp³-hybridized carbons (Fsp3) is 0.231. The molecule has 174 valence electrons. The maximum Gasteiger partial charge on any atom is 0.303 e. The number of carboxylic acids is 1. The number of carbonyl (C=O) groups excluding carboxylic acids is 2. The summed E-state index contributed by atoms with van der Waals surface area (Å²) >= 11 is 12.2. The van der Waals surface area contributed by atoms with Crippen LogP contribution in [-0.2, 0) is 9.59 Å². The number of rotatable bonds is 10. The topological polar surface area (TPSA) is 98.5 Å². The molecular formula is C26H22Cl2N2O4. The third-order valence-electron chi connectivity index (χ3n) is 5.56. The predicted molar refractivity (Wildman–Crippen MR) is 131 cm³/mol. The van der Waals surface area contributed by atoms with Crippen LogP contribution in [0.3, 0.4) is 0 Å². The molecule has 0 fully saturated rings. The molecule has 0 saturated heterocycles. The number of nitrogens with zero attached hydrogens (tertiary/aromatic N) is 2. The number of carboxylic acid groups (broad SMARTS) is 1. The standard InChI is InChI=1S/C26H22Cl2N2O4/c27-23-8-7-18(14-24(23)28)20(9-11-31)16-30(10-3-6-25(32)33)26(34)22-13-17(15-29)12-19-4-1-2-5-21(19)22/h1-2,4-5,7-8,11-14,20H,3,6,9-10,16H2,(H,32,33). The average molecular weight is 497 g/mol. The highest BCUT2D eigenvalue weighted by Gasteiger charge is 2.24. The number of benzene rings is 3. The van der Waals surface area contributed by atoms with Crippen LogP contribution in [0.5, 0.6) is 0 Å². The number of amides is 1. The summed E-state index contributed by atoms with van der Waals surface area (Å²) in [6.07, 6.45) is 1.05. The van der Waals surface area contributed by atoms with Crippen LogP contribution in [0.4, 0.5) is 0 Å². The van der Waals surface area contributed by atoms with Crippen LogP contribution >= 0.6 is 23.2 Å². The fourth-order valence-electron chi connectivity index (χ4n) is 3.88. The number of hydrogen-bond donors (Lipinski definition) is 1. The summed E-state index contributed by atoms with van der Waals surface area (Å²) in [4.78, 5) is 37.8. The first-order valence-corrected chi connectivity index (χ1v) is 11.4. The quantitative estimate of drug-likeness (QED) is 0.363. The van der Waals surface area contributed by atoms with Crippen molar-refractivity contribution in [1.82, 2.24) is 4.90 Å². The maximum atomic E-state index is 13.7. The first-order valence-electron chi connectivity index (χ1n) is 10.7. The Morgan fingerprint density at radius 3 is 2.53 bits per heavy atom. The molecule has 3 aromatic carbocycles. The minimum absolute atomic E-state index is 0.103. The van der Waals surface area contributed by atoms with E-state index in [0.717, 1.165) is 17.2 Å². The second-order valence-electron chi connectivity index (χ2n) is 7.88. The molecule has 8 heteroatoms. The van der Waals surface area contributed by atoms with E-state index in [-0.39, 0.29) is 44.2 Å². The molecule has 1 N–H and O–H groups in total. The summed E-state index contributed by atoms with van der Waals surface area (Å²) in [6.45, 7) is 0.340. The molecule has 0 aliphatic heterocycles. The van der Waals surface area contributed by atoms with Gasteiger partial charge in [0.05, 0.1) is 21.7 Å². The van der Waals surface area contributed by atoms with Crippen molar-refractivity contribution in [1.29, 1.82) is 5.26 Å². The fourth-order valence-corrected chi connectivity index (χ4v) is 4.19. The third kappa shape index (κ3) is 6.13. The van der Waals surface area contributed by atoms with Crippen molar-refractivity contribution in [2.75, 3.05) is 13.1 Å². The number of halogens is 2. The maximum absolute atomic E-state index is 13.7. The second-order valence-corrected chi connectivity index (χ2v) is 8.69. The minimum Gasteiger partial charge on any atom is -0.481 e. The number of aldehydes is 1. The summed E-state index contributed by atoms with van der Waals surface area (Å²) in [7, 11) is 0. The van der Waals surface area contributed by atoms with Gasteiger partial charge in [-0.05, 0) is 47.0 Å². The summed E-state index contributed by atoms with van der Waals surface area (Å²) in [5.41, 5.74) is 1.44. The molecular weight excluding hydrogens is 475 g/mol. The van der Waals surface area contributed by atoms with Gasteiger partial charge in [-0.15, -0.1) is 0 Å². The molecule has 1 amide bonds. The van der Waals surface area contributed by atoms with E-state index in [0.29, 0.717) is 26.6 Å². The summed E-state index contributed by atoms with van der Waals surface area (Å²) in [5.74, 6) is -1.67. The van der Waals surface area contributed by atoms with Crippen molar-refractivity contribution < 1.29 is 19.5 Å². The van der Waals surface area contributed by atoms with Gasteiger partial charge >= 0.3 is 5.97 Å². The molecule has 0 radical (unpaired) electrons. The van der Waals surface area contributed by atoms with Crippen LogP contribution in [0.15, 0.2) is 54.6 Å². The Balaban J connectivity index is 2.01. The van der Waals surface area contributed by atoms with E-state index in [1.165, 1.54) is 0 Å². The van der Waals surface area contributed by atoms with Gasteiger partial charge in [-0.25, -0.2) is 0 Å². The van der Waals surface area contributed by atoms with Crippen molar-refractivity contribution in [3.05, 3.63) is 81.3 Å². The first-order chi connectivity index (χ1) is 16.3. The van der Waals surface area contributed by atoms with Gasteiger partial charge in [-0.1, -0.05) is 53.5 Å². The highest BCUT2D eigenvalue weighted by atomic mass is 35.5. The molecule has 0 spiro atoms. The molecule has 1 atom stereocenters. The van der Waals surface area contributed by atoms with Crippen LogP contribution in [-0.4, -0.2) is 41.3 Å². The normalized spacial score (nSPS) is 11.6. The zero-order chi connectivity index (χ0) is 24.7. The van der Waals surface area contributed by atoms with Gasteiger partial charge in [-0.3, -0.25) is 9.59 Å². The van der Waals surface area contributed by atoms with E-state index in [9.17, 15) is 19.6 Å². The number of nitriles is 1. The molecule has 3 aromatic rings. The number of fused-ring (bicyclic) bond motifs is 1. The van der Waals surface area contributed by atoms with Gasteiger partial charge in [0.2, 0.25) is 0 Å². The van der Waals surface area contributed by atoms with E-state index >= 15 is 0 Å².